The lowest BCUT2D eigenvalue weighted by atomic mass is 10.1. The molecular formula is C14H17BrFN3O2. The number of rotatable bonds is 1. The van der Waals surface area contributed by atoms with Gasteiger partial charge in [-0.1, -0.05) is 6.07 Å². The third-order valence-corrected chi connectivity index (χ3v) is 4.06. The summed E-state index contributed by atoms with van der Waals surface area (Å²) in [6, 6.07) is 4.38. The van der Waals surface area contributed by atoms with Gasteiger partial charge in [-0.05, 0) is 28.1 Å². The molecule has 1 fully saturated rings. The third-order valence-electron chi connectivity index (χ3n) is 3.40. The van der Waals surface area contributed by atoms with E-state index in [0.717, 1.165) is 0 Å². The molecule has 0 saturated carbocycles. The van der Waals surface area contributed by atoms with Crippen molar-refractivity contribution in [3.8, 4) is 0 Å². The Bertz CT molecular complexity index is 537. The number of nitrogens with zero attached hydrogens (tertiary/aromatic N) is 3. The Balaban J connectivity index is 2.06. The molecule has 21 heavy (non-hydrogen) atoms. The van der Waals surface area contributed by atoms with Gasteiger partial charge in [0.1, 0.15) is 5.82 Å². The van der Waals surface area contributed by atoms with Crippen molar-refractivity contribution >= 4 is 27.9 Å². The minimum atomic E-state index is -0.541. The summed E-state index contributed by atoms with van der Waals surface area (Å²) >= 11 is 3.21. The first-order valence-electron chi connectivity index (χ1n) is 6.61. The maximum atomic E-state index is 13.8. The number of carbonyl (C=O) groups is 2. The molecule has 1 aliphatic heterocycles. The zero-order valence-electron chi connectivity index (χ0n) is 12.0. The van der Waals surface area contributed by atoms with E-state index in [-0.39, 0.29) is 17.5 Å². The van der Waals surface area contributed by atoms with Gasteiger partial charge in [-0.25, -0.2) is 9.18 Å². The molecule has 0 spiro atoms. The van der Waals surface area contributed by atoms with Crippen molar-refractivity contribution in [1.82, 2.24) is 14.7 Å². The van der Waals surface area contributed by atoms with Crippen LogP contribution in [-0.2, 0) is 0 Å². The topological polar surface area (TPSA) is 43.9 Å². The van der Waals surface area contributed by atoms with E-state index < -0.39 is 5.82 Å². The van der Waals surface area contributed by atoms with E-state index in [1.807, 2.05) is 0 Å². The molecule has 0 aliphatic carbocycles. The standard InChI is InChI=1S/C14H17BrFN3O2/c1-17(2)14(21)19-8-6-18(7-9-19)13(20)12-10(15)4-3-5-11(12)16/h3-5H,6-9H2,1-2H3. The van der Waals surface area contributed by atoms with Crippen LogP contribution in [0.25, 0.3) is 0 Å². The van der Waals surface area contributed by atoms with Gasteiger partial charge in [0.15, 0.2) is 0 Å². The van der Waals surface area contributed by atoms with Gasteiger partial charge < -0.3 is 14.7 Å². The number of benzene rings is 1. The minimum Gasteiger partial charge on any atom is -0.335 e. The number of amides is 3. The first-order chi connectivity index (χ1) is 9.91. The number of urea groups is 1. The second-order valence-electron chi connectivity index (χ2n) is 5.05. The van der Waals surface area contributed by atoms with Crippen molar-refractivity contribution in [3.05, 3.63) is 34.1 Å². The molecule has 1 saturated heterocycles. The van der Waals surface area contributed by atoms with Gasteiger partial charge in [-0.2, -0.15) is 0 Å². The number of hydrogen-bond donors (Lipinski definition) is 0. The van der Waals surface area contributed by atoms with E-state index in [1.165, 1.54) is 11.0 Å². The molecule has 0 N–H and O–H groups in total. The average molecular weight is 358 g/mol. The number of carbonyl (C=O) groups excluding carboxylic acids is 2. The van der Waals surface area contributed by atoms with Crippen LogP contribution in [0.4, 0.5) is 9.18 Å². The van der Waals surface area contributed by atoms with Crippen LogP contribution in [0.5, 0.6) is 0 Å². The highest BCUT2D eigenvalue weighted by Gasteiger charge is 2.27. The molecule has 114 valence electrons. The molecule has 1 aromatic carbocycles. The first-order valence-corrected chi connectivity index (χ1v) is 7.40. The third kappa shape index (κ3) is 3.34. The fourth-order valence-electron chi connectivity index (χ4n) is 2.24. The monoisotopic (exact) mass is 357 g/mol. The van der Waals surface area contributed by atoms with Gasteiger partial charge in [-0.3, -0.25) is 4.79 Å². The summed E-state index contributed by atoms with van der Waals surface area (Å²) in [5.74, 6) is -0.891. The van der Waals surface area contributed by atoms with Gasteiger partial charge in [-0.15, -0.1) is 0 Å². The summed E-state index contributed by atoms with van der Waals surface area (Å²) < 4.78 is 14.3. The van der Waals surface area contributed by atoms with Crippen molar-refractivity contribution in [2.45, 2.75) is 0 Å². The Hall–Kier alpha value is -1.63. The van der Waals surface area contributed by atoms with Crippen molar-refractivity contribution in [3.63, 3.8) is 0 Å². The highest BCUT2D eigenvalue weighted by molar-refractivity contribution is 9.10. The quantitative estimate of drug-likeness (QED) is 0.771. The molecule has 0 atom stereocenters. The summed E-state index contributed by atoms with van der Waals surface area (Å²) in [5.41, 5.74) is 0.0462. The largest absolute Gasteiger partial charge is 0.335 e. The van der Waals surface area contributed by atoms with Gasteiger partial charge in [0.25, 0.3) is 5.91 Å². The Morgan fingerprint density at radius 1 is 1.14 bits per heavy atom. The summed E-state index contributed by atoms with van der Waals surface area (Å²) in [6.45, 7) is 1.71. The Kier molecular flexibility index (Phi) is 4.82. The number of halogens is 2. The molecule has 5 nitrogen and oxygen atoms in total. The van der Waals surface area contributed by atoms with E-state index in [9.17, 15) is 14.0 Å². The second-order valence-corrected chi connectivity index (χ2v) is 5.91. The van der Waals surface area contributed by atoms with E-state index in [0.29, 0.717) is 30.7 Å². The SMILES string of the molecule is CN(C)C(=O)N1CCN(C(=O)c2c(F)cccc2Br)CC1. The van der Waals surface area contributed by atoms with Crippen molar-refractivity contribution in [1.29, 1.82) is 0 Å². The van der Waals surface area contributed by atoms with Crippen LogP contribution in [0.3, 0.4) is 0 Å². The Morgan fingerprint density at radius 3 is 2.24 bits per heavy atom. The van der Waals surface area contributed by atoms with Crippen molar-refractivity contribution < 1.29 is 14.0 Å². The van der Waals surface area contributed by atoms with E-state index in [1.54, 1.807) is 36.0 Å². The Labute approximate surface area is 131 Å². The van der Waals surface area contributed by atoms with E-state index in [2.05, 4.69) is 15.9 Å². The van der Waals surface area contributed by atoms with E-state index in [4.69, 9.17) is 0 Å². The summed E-state index contributed by atoms with van der Waals surface area (Å²) in [5, 5.41) is 0. The highest BCUT2D eigenvalue weighted by Crippen LogP contribution is 2.22. The fraction of sp³-hybridized carbons (Fsp3) is 0.429. The molecule has 3 amide bonds. The summed E-state index contributed by atoms with van der Waals surface area (Å²) in [7, 11) is 3.38. The van der Waals surface area contributed by atoms with Crippen molar-refractivity contribution in [2.24, 2.45) is 0 Å². The molecule has 0 bridgehead atoms. The zero-order valence-corrected chi connectivity index (χ0v) is 13.6. The van der Waals surface area contributed by atoms with Crippen LogP contribution in [0, 0.1) is 5.82 Å². The first kappa shape index (κ1) is 15.8. The Morgan fingerprint density at radius 2 is 1.71 bits per heavy atom. The predicted octanol–water partition coefficient (Wildman–Crippen LogP) is 2.03. The molecule has 0 unspecified atom stereocenters. The molecule has 1 aliphatic rings. The van der Waals surface area contributed by atoms with Crippen LogP contribution in [0.15, 0.2) is 22.7 Å². The van der Waals surface area contributed by atoms with Crippen LogP contribution >= 0.6 is 15.9 Å². The fourth-order valence-corrected chi connectivity index (χ4v) is 2.76. The van der Waals surface area contributed by atoms with Gasteiger partial charge in [0, 0.05) is 44.7 Å². The van der Waals surface area contributed by atoms with Gasteiger partial charge in [0.05, 0.1) is 5.56 Å². The average Bonchev–Trinajstić information content (AvgIpc) is 2.46. The maximum absolute atomic E-state index is 13.8. The lowest BCUT2D eigenvalue weighted by Crippen LogP contribution is -2.53. The van der Waals surface area contributed by atoms with Gasteiger partial charge in [0.2, 0.25) is 0 Å². The second kappa shape index (κ2) is 6.43. The molecule has 0 aromatic heterocycles. The number of piperazine rings is 1. The summed E-state index contributed by atoms with van der Waals surface area (Å²) in [4.78, 5) is 29.0. The molecule has 2 rings (SSSR count). The summed E-state index contributed by atoms with van der Waals surface area (Å²) in [6.07, 6.45) is 0. The molecule has 1 aromatic rings. The molecule has 1 heterocycles. The van der Waals surface area contributed by atoms with Crippen LogP contribution in [0.2, 0.25) is 0 Å². The van der Waals surface area contributed by atoms with Gasteiger partial charge >= 0.3 is 6.03 Å². The normalized spacial score (nSPS) is 15.0. The maximum Gasteiger partial charge on any atom is 0.319 e. The minimum absolute atomic E-state index is 0.0462. The lowest BCUT2D eigenvalue weighted by Gasteiger charge is -2.36. The smallest absolute Gasteiger partial charge is 0.319 e. The van der Waals surface area contributed by atoms with Crippen LogP contribution < -0.4 is 0 Å². The lowest BCUT2D eigenvalue weighted by molar-refractivity contribution is 0.0645. The van der Waals surface area contributed by atoms with Crippen molar-refractivity contribution in [2.75, 3.05) is 40.3 Å². The zero-order chi connectivity index (χ0) is 15.6. The highest BCUT2D eigenvalue weighted by atomic mass is 79.9. The molecule has 0 radical (unpaired) electrons. The van der Waals surface area contributed by atoms with Crippen LogP contribution in [0.1, 0.15) is 10.4 Å². The molecular weight excluding hydrogens is 341 g/mol. The molecule has 7 heteroatoms. The predicted molar refractivity (Wildman–Crippen MR) is 80.7 cm³/mol. The number of hydrogen-bond acceptors (Lipinski definition) is 2. The van der Waals surface area contributed by atoms with E-state index >= 15 is 0 Å². The van der Waals surface area contributed by atoms with Crippen LogP contribution in [-0.4, -0.2) is 66.9 Å².